The van der Waals surface area contributed by atoms with Crippen molar-refractivity contribution in [2.45, 2.75) is 64.5 Å². The highest BCUT2D eigenvalue weighted by Gasteiger charge is 2.26. The molecule has 1 aromatic rings. The molecule has 142 valence electrons. The Balaban J connectivity index is 3.05. The third-order valence-corrected chi connectivity index (χ3v) is 5.58. The Hall–Kier alpha value is -1.45. The monoisotopic (exact) mass is 389 g/mol. The molecule has 0 saturated carbocycles. The normalized spacial score (nSPS) is 15.4. The van der Waals surface area contributed by atoms with Gasteiger partial charge in [0.1, 0.15) is 21.6 Å². The molecule has 0 fully saturated rings. The number of nitrogens with zero attached hydrogens (tertiary/aromatic N) is 1. The van der Waals surface area contributed by atoms with Crippen molar-refractivity contribution in [2.24, 2.45) is 15.4 Å². The SMILES string of the molecule is Cc1cscc1S(N)(=O)=NC(=O)[C@H](CC(C)C)NC(=O)OC(C)(C)C. The third kappa shape index (κ3) is 7.13. The average Bonchev–Trinajstić information content (AvgIpc) is 2.81. The van der Waals surface area contributed by atoms with Crippen LogP contribution in [-0.2, 0) is 19.4 Å². The second-order valence-corrected chi connectivity index (χ2v) is 9.75. The summed E-state index contributed by atoms with van der Waals surface area (Å²) < 4.78 is 21.5. The number of hydrogen-bond acceptors (Lipinski definition) is 5. The molecule has 0 aliphatic heterocycles. The highest BCUT2D eigenvalue weighted by atomic mass is 32.2. The average molecular weight is 390 g/mol. The Kier molecular flexibility index (Phi) is 7.16. The highest BCUT2D eigenvalue weighted by molar-refractivity contribution is 7.91. The molecule has 1 rings (SSSR count). The van der Waals surface area contributed by atoms with E-state index in [1.54, 1.807) is 38.5 Å². The Labute approximate surface area is 153 Å². The molecule has 25 heavy (non-hydrogen) atoms. The van der Waals surface area contributed by atoms with Crippen molar-refractivity contribution < 1.29 is 18.5 Å². The number of nitrogens with one attached hydrogen (secondary N) is 1. The second kappa shape index (κ2) is 8.29. The van der Waals surface area contributed by atoms with Gasteiger partial charge in [0.25, 0.3) is 5.91 Å². The highest BCUT2D eigenvalue weighted by Crippen LogP contribution is 2.20. The van der Waals surface area contributed by atoms with E-state index in [2.05, 4.69) is 9.68 Å². The maximum absolute atomic E-state index is 12.6. The Morgan fingerprint density at radius 3 is 2.40 bits per heavy atom. The van der Waals surface area contributed by atoms with E-state index in [9.17, 15) is 13.8 Å². The van der Waals surface area contributed by atoms with Crippen molar-refractivity contribution in [3.05, 3.63) is 16.3 Å². The Bertz CT molecular complexity index is 741. The topological polar surface area (TPSA) is 111 Å². The maximum atomic E-state index is 12.6. The van der Waals surface area contributed by atoms with Crippen LogP contribution < -0.4 is 10.5 Å². The standard InChI is InChI=1S/C16H27N3O4S2/c1-10(2)7-12(18-15(21)23-16(4,5)6)14(20)19-25(17,22)13-9-24-8-11(13)3/h8-10,12H,7H2,1-6H3,(H,18,21)(H2,17,19,20,22)/t12-,25?/m0/s1. The van der Waals surface area contributed by atoms with Crippen LogP contribution >= 0.6 is 11.3 Å². The molecule has 0 aliphatic rings. The summed E-state index contributed by atoms with van der Waals surface area (Å²) in [5.41, 5.74) is 0.0246. The number of amides is 2. The molecular weight excluding hydrogens is 362 g/mol. The van der Waals surface area contributed by atoms with Crippen LogP contribution in [0.3, 0.4) is 0 Å². The number of carbonyl (C=O) groups is 2. The number of thiophene rings is 1. The van der Waals surface area contributed by atoms with Gasteiger partial charge in [0.15, 0.2) is 0 Å². The lowest BCUT2D eigenvalue weighted by Crippen LogP contribution is -2.44. The molecule has 1 unspecified atom stereocenters. The van der Waals surface area contributed by atoms with Gasteiger partial charge in [-0.15, -0.1) is 4.36 Å². The largest absolute Gasteiger partial charge is 0.444 e. The van der Waals surface area contributed by atoms with Gasteiger partial charge in [-0.05, 0) is 51.0 Å². The Morgan fingerprint density at radius 2 is 1.96 bits per heavy atom. The van der Waals surface area contributed by atoms with Gasteiger partial charge in [0, 0.05) is 5.38 Å². The predicted molar refractivity (Wildman–Crippen MR) is 99.7 cm³/mol. The predicted octanol–water partition coefficient (Wildman–Crippen LogP) is 3.22. The van der Waals surface area contributed by atoms with Crippen molar-refractivity contribution in [3.8, 4) is 0 Å². The number of aryl methyl sites for hydroxylation is 1. The fourth-order valence-corrected chi connectivity index (χ4v) is 4.55. The summed E-state index contributed by atoms with van der Waals surface area (Å²) in [7, 11) is -3.35. The summed E-state index contributed by atoms with van der Waals surface area (Å²) in [5.74, 6) is -0.617. The summed E-state index contributed by atoms with van der Waals surface area (Å²) in [4.78, 5) is 24.8. The first-order valence-corrected chi connectivity index (χ1v) is 10.4. The van der Waals surface area contributed by atoms with Crippen molar-refractivity contribution >= 4 is 33.3 Å². The second-order valence-electron chi connectivity index (χ2n) is 7.25. The molecule has 0 spiro atoms. The van der Waals surface area contributed by atoms with Crippen LogP contribution in [0.5, 0.6) is 0 Å². The lowest BCUT2D eigenvalue weighted by atomic mass is 10.0. The summed E-state index contributed by atoms with van der Waals surface area (Å²) in [6.07, 6.45) is -0.392. The molecule has 2 amide bonds. The molecule has 2 atom stereocenters. The third-order valence-electron chi connectivity index (χ3n) is 3.05. The van der Waals surface area contributed by atoms with E-state index in [1.165, 1.54) is 11.3 Å². The lowest BCUT2D eigenvalue weighted by Gasteiger charge is -2.23. The molecular formula is C16H27N3O4S2. The van der Waals surface area contributed by atoms with Crippen LogP contribution in [0, 0.1) is 12.8 Å². The number of carbonyl (C=O) groups excluding carboxylic acids is 2. The molecule has 0 aliphatic carbocycles. The van der Waals surface area contributed by atoms with Crippen molar-refractivity contribution in [2.75, 3.05) is 0 Å². The zero-order chi connectivity index (χ0) is 19.4. The van der Waals surface area contributed by atoms with Gasteiger partial charge in [-0.1, -0.05) is 13.8 Å². The zero-order valence-electron chi connectivity index (χ0n) is 15.5. The summed E-state index contributed by atoms with van der Waals surface area (Å²) >= 11 is 1.34. The maximum Gasteiger partial charge on any atom is 0.408 e. The number of rotatable bonds is 5. The van der Waals surface area contributed by atoms with Crippen LogP contribution in [0.15, 0.2) is 20.0 Å². The van der Waals surface area contributed by atoms with Crippen molar-refractivity contribution in [1.29, 1.82) is 0 Å². The molecule has 0 bridgehead atoms. The van der Waals surface area contributed by atoms with E-state index in [4.69, 9.17) is 9.88 Å². The number of alkyl carbamates (subject to hydrolysis) is 1. The van der Waals surface area contributed by atoms with E-state index < -0.39 is 33.6 Å². The minimum atomic E-state index is -3.35. The van der Waals surface area contributed by atoms with Crippen LogP contribution in [0.1, 0.15) is 46.6 Å². The minimum Gasteiger partial charge on any atom is -0.444 e. The molecule has 7 nitrogen and oxygen atoms in total. The molecule has 0 aromatic carbocycles. The van der Waals surface area contributed by atoms with Gasteiger partial charge in [-0.25, -0.2) is 14.1 Å². The fourth-order valence-electron chi connectivity index (χ4n) is 2.04. The molecule has 1 aromatic heterocycles. The molecule has 3 N–H and O–H groups in total. The van der Waals surface area contributed by atoms with E-state index in [1.807, 2.05) is 13.8 Å². The zero-order valence-corrected chi connectivity index (χ0v) is 17.1. The van der Waals surface area contributed by atoms with Crippen molar-refractivity contribution in [3.63, 3.8) is 0 Å². The quantitative estimate of drug-likeness (QED) is 0.805. The molecule has 0 saturated heterocycles. The van der Waals surface area contributed by atoms with E-state index in [0.717, 1.165) is 5.56 Å². The first kappa shape index (κ1) is 21.6. The fraction of sp³-hybridized carbons (Fsp3) is 0.625. The first-order chi connectivity index (χ1) is 11.3. The van der Waals surface area contributed by atoms with Gasteiger partial charge >= 0.3 is 6.09 Å². The van der Waals surface area contributed by atoms with Crippen LogP contribution in [0.2, 0.25) is 0 Å². The summed E-state index contributed by atoms with van der Waals surface area (Å²) in [6.45, 7) is 10.7. The van der Waals surface area contributed by atoms with E-state index >= 15 is 0 Å². The van der Waals surface area contributed by atoms with Crippen LogP contribution in [0.4, 0.5) is 4.79 Å². The summed E-state index contributed by atoms with van der Waals surface area (Å²) in [5, 5.41) is 11.7. The van der Waals surface area contributed by atoms with Crippen LogP contribution in [-0.4, -0.2) is 27.9 Å². The van der Waals surface area contributed by atoms with Gasteiger partial charge in [-0.2, -0.15) is 11.3 Å². The smallest absolute Gasteiger partial charge is 0.408 e. The van der Waals surface area contributed by atoms with Gasteiger partial charge in [0.05, 0.1) is 4.90 Å². The van der Waals surface area contributed by atoms with Gasteiger partial charge < -0.3 is 10.1 Å². The molecule has 9 heteroatoms. The molecule has 0 radical (unpaired) electrons. The first-order valence-electron chi connectivity index (χ1n) is 7.93. The number of hydrogen-bond donors (Lipinski definition) is 2. The van der Waals surface area contributed by atoms with Crippen LogP contribution in [0.25, 0.3) is 0 Å². The molecule has 1 heterocycles. The van der Waals surface area contributed by atoms with Gasteiger partial charge in [0.2, 0.25) is 0 Å². The Morgan fingerprint density at radius 1 is 1.36 bits per heavy atom. The summed E-state index contributed by atoms with van der Waals surface area (Å²) in [6, 6.07) is -0.946. The van der Waals surface area contributed by atoms with E-state index in [-0.39, 0.29) is 5.92 Å². The van der Waals surface area contributed by atoms with Crippen molar-refractivity contribution in [1.82, 2.24) is 5.32 Å². The van der Waals surface area contributed by atoms with Gasteiger partial charge in [-0.3, -0.25) is 4.79 Å². The lowest BCUT2D eigenvalue weighted by molar-refractivity contribution is -0.120. The number of ether oxygens (including phenoxy) is 1. The minimum absolute atomic E-state index is 0.107. The number of nitrogens with two attached hydrogens (primary N) is 1. The van der Waals surface area contributed by atoms with E-state index in [0.29, 0.717) is 11.3 Å².